The molecule has 0 saturated heterocycles. The number of methoxy groups -OCH3 is 3. The molecule has 0 aromatic heterocycles. The monoisotopic (exact) mass is 386 g/mol. The lowest BCUT2D eigenvalue weighted by Crippen LogP contribution is -2.35. The maximum Gasteiger partial charge on any atom is 0.254 e. The third-order valence-electron chi connectivity index (χ3n) is 4.38. The van der Waals surface area contributed by atoms with Gasteiger partial charge in [0, 0.05) is 18.3 Å². The number of rotatable bonds is 7. The Morgan fingerprint density at radius 1 is 0.964 bits per heavy atom. The predicted molar refractivity (Wildman–Crippen MR) is 108 cm³/mol. The van der Waals surface area contributed by atoms with Gasteiger partial charge in [-0.3, -0.25) is 9.59 Å². The van der Waals surface area contributed by atoms with Gasteiger partial charge in [-0.15, -0.1) is 0 Å². The molecule has 0 unspecified atom stereocenters. The quantitative estimate of drug-likeness (QED) is 0.791. The number of hydrogen-bond donors (Lipinski definition) is 1. The second kappa shape index (κ2) is 9.12. The molecular weight excluding hydrogens is 360 g/mol. The molecule has 0 spiro atoms. The molecule has 0 aliphatic carbocycles. The zero-order valence-corrected chi connectivity index (χ0v) is 17.1. The minimum absolute atomic E-state index is 0.0940. The van der Waals surface area contributed by atoms with E-state index in [4.69, 9.17) is 14.2 Å². The molecule has 0 radical (unpaired) electrons. The van der Waals surface area contributed by atoms with Gasteiger partial charge < -0.3 is 24.4 Å². The molecule has 7 heteroatoms. The zero-order valence-electron chi connectivity index (χ0n) is 17.1. The number of anilines is 1. The van der Waals surface area contributed by atoms with Crippen molar-refractivity contribution in [3.63, 3.8) is 0 Å². The number of nitrogens with one attached hydrogen (secondary N) is 1. The molecule has 0 saturated carbocycles. The van der Waals surface area contributed by atoms with Gasteiger partial charge in [0.05, 0.1) is 27.9 Å². The van der Waals surface area contributed by atoms with E-state index >= 15 is 0 Å². The van der Waals surface area contributed by atoms with Gasteiger partial charge >= 0.3 is 0 Å². The van der Waals surface area contributed by atoms with Crippen molar-refractivity contribution in [1.82, 2.24) is 4.90 Å². The fraction of sp³-hybridized carbons (Fsp3) is 0.333. The summed E-state index contributed by atoms with van der Waals surface area (Å²) in [4.78, 5) is 26.6. The van der Waals surface area contributed by atoms with Crippen LogP contribution in [0, 0.1) is 13.8 Å². The van der Waals surface area contributed by atoms with E-state index in [2.05, 4.69) is 5.32 Å². The van der Waals surface area contributed by atoms with Crippen LogP contribution in [0.25, 0.3) is 0 Å². The summed E-state index contributed by atoms with van der Waals surface area (Å²) in [5.74, 6) is 0.533. The molecule has 0 atom stereocenters. The van der Waals surface area contributed by atoms with Gasteiger partial charge in [0.1, 0.15) is 0 Å². The molecule has 2 rings (SSSR count). The molecule has 1 N–H and O–H groups in total. The van der Waals surface area contributed by atoms with Crippen LogP contribution in [0.1, 0.15) is 21.5 Å². The highest BCUT2D eigenvalue weighted by molar-refractivity contribution is 6.00. The van der Waals surface area contributed by atoms with E-state index in [9.17, 15) is 9.59 Å². The first-order chi connectivity index (χ1) is 13.3. The largest absolute Gasteiger partial charge is 0.493 e. The SMILES string of the molecule is COc1cc(C(=O)N(C)CC(=O)Nc2c(C)cccc2C)cc(OC)c1OC. The van der Waals surface area contributed by atoms with Crippen LogP contribution in [0.2, 0.25) is 0 Å². The summed E-state index contributed by atoms with van der Waals surface area (Å²) < 4.78 is 15.8. The Kier molecular flexibility index (Phi) is 6.87. The molecule has 0 aliphatic heterocycles. The van der Waals surface area contributed by atoms with E-state index in [-0.39, 0.29) is 18.4 Å². The number of carbonyl (C=O) groups excluding carboxylic acids is 2. The van der Waals surface area contributed by atoms with Crippen LogP contribution in [0.5, 0.6) is 17.2 Å². The van der Waals surface area contributed by atoms with E-state index < -0.39 is 0 Å². The van der Waals surface area contributed by atoms with Crippen molar-refractivity contribution in [2.45, 2.75) is 13.8 Å². The van der Waals surface area contributed by atoms with Crippen LogP contribution in [-0.4, -0.2) is 51.6 Å². The molecule has 0 heterocycles. The summed E-state index contributed by atoms with van der Waals surface area (Å²) >= 11 is 0. The van der Waals surface area contributed by atoms with Crippen molar-refractivity contribution in [3.05, 3.63) is 47.0 Å². The maximum atomic E-state index is 12.8. The topological polar surface area (TPSA) is 77.1 Å². The van der Waals surface area contributed by atoms with Gasteiger partial charge in [-0.05, 0) is 37.1 Å². The van der Waals surface area contributed by atoms with Crippen molar-refractivity contribution in [1.29, 1.82) is 0 Å². The van der Waals surface area contributed by atoms with E-state index in [1.165, 1.54) is 26.2 Å². The van der Waals surface area contributed by atoms with Crippen molar-refractivity contribution >= 4 is 17.5 Å². The number of hydrogen-bond acceptors (Lipinski definition) is 5. The average molecular weight is 386 g/mol. The molecule has 2 amide bonds. The lowest BCUT2D eigenvalue weighted by molar-refractivity contribution is -0.116. The number of para-hydroxylation sites is 1. The van der Waals surface area contributed by atoms with Crippen molar-refractivity contribution in [2.24, 2.45) is 0 Å². The third-order valence-corrected chi connectivity index (χ3v) is 4.38. The Morgan fingerprint density at radius 2 is 1.50 bits per heavy atom. The van der Waals surface area contributed by atoms with Gasteiger partial charge in [0.15, 0.2) is 11.5 Å². The molecular formula is C21H26N2O5. The first-order valence-corrected chi connectivity index (χ1v) is 8.73. The van der Waals surface area contributed by atoms with Gasteiger partial charge in [0.2, 0.25) is 11.7 Å². The second-order valence-electron chi connectivity index (χ2n) is 6.39. The highest BCUT2D eigenvalue weighted by Gasteiger charge is 2.21. The van der Waals surface area contributed by atoms with E-state index in [1.54, 1.807) is 19.2 Å². The number of likely N-dealkylation sites (N-methyl/N-ethyl adjacent to an activating group) is 1. The van der Waals surface area contributed by atoms with Crippen LogP contribution in [-0.2, 0) is 4.79 Å². The molecule has 0 bridgehead atoms. The number of aryl methyl sites for hydroxylation is 2. The van der Waals surface area contributed by atoms with Crippen molar-refractivity contribution in [3.8, 4) is 17.2 Å². The van der Waals surface area contributed by atoms with Crippen molar-refractivity contribution in [2.75, 3.05) is 40.2 Å². The molecule has 28 heavy (non-hydrogen) atoms. The number of ether oxygens (including phenoxy) is 3. The molecule has 2 aromatic carbocycles. The average Bonchev–Trinajstić information content (AvgIpc) is 2.68. The van der Waals surface area contributed by atoms with Crippen molar-refractivity contribution < 1.29 is 23.8 Å². The lowest BCUT2D eigenvalue weighted by atomic mass is 10.1. The number of nitrogens with zero attached hydrogens (tertiary/aromatic N) is 1. The minimum atomic E-state index is -0.337. The van der Waals surface area contributed by atoms with E-state index in [1.807, 2.05) is 32.0 Å². The molecule has 0 aliphatic rings. The normalized spacial score (nSPS) is 10.2. The fourth-order valence-corrected chi connectivity index (χ4v) is 2.90. The highest BCUT2D eigenvalue weighted by Crippen LogP contribution is 2.38. The molecule has 7 nitrogen and oxygen atoms in total. The van der Waals surface area contributed by atoms with Gasteiger partial charge in [-0.2, -0.15) is 0 Å². The van der Waals surface area contributed by atoms with E-state index in [0.29, 0.717) is 22.8 Å². The van der Waals surface area contributed by atoms with Crippen LogP contribution < -0.4 is 19.5 Å². The number of benzene rings is 2. The Bertz CT molecular complexity index is 834. The lowest BCUT2D eigenvalue weighted by Gasteiger charge is -2.20. The maximum absolute atomic E-state index is 12.8. The van der Waals surface area contributed by atoms with Gasteiger partial charge in [-0.1, -0.05) is 18.2 Å². The van der Waals surface area contributed by atoms with Gasteiger partial charge in [0.25, 0.3) is 5.91 Å². The van der Waals surface area contributed by atoms with Crippen LogP contribution in [0.15, 0.2) is 30.3 Å². The molecule has 2 aromatic rings. The Morgan fingerprint density at radius 3 is 1.96 bits per heavy atom. The second-order valence-corrected chi connectivity index (χ2v) is 6.39. The summed E-state index contributed by atoms with van der Waals surface area (Å²) in [5, 5.41) is 2.88. The first-order valence-electron chi connectivity index (χ1n) is 8.73. The van der Waals surface area contributed by atoms with Crippen LogP contribution in [0.3, 0.4) is 0 Å². The summed E-state index contributed by atoms with van der Waals surface area (Å²) in [5.41, 5.74) is 3.02. The summed E-state index contributed by atoms with van der Waals surface area (Å²) in [6, 6.07) is 8.90. The van der Waals surface area contributed by atoms with Crippen LogP contribution >= 0.6 is 0 Å². The summed E-state index contributed by atoms with van der Waals surface area (Å²) in [6.45, 7) is 3.75. The first kappa shape index (κ1) is 21.1. The Hall–Kier alpha value is -3.22. The number of carbonyl (C=O) groups is 2. The standard InChI is InChI=1S/C21H26N2O5/c1-13-8-7-9-14(2)19(13)22-18(24)12-23(3)21(25)15-10-16(26-4)20(28-6)17(11-15)27-5/h7-11H,12H2,1-6H3,(H,22,24). The zero-order chi connectivity index (χ0) is 20.8. The molecule has 150 valence electrons. The van der Waals surface area contributed by atoms with E-state index in [0.717, 1.165) is 16.8 Å². The Balaban J connectivity index is 2.17. The Labute approximate surface area is 165 Å². The third kappa shape index (κ3) is 4.54. The number of amides is 2. The molecule has 0 fully saturated rings. The summed E-state index contributed by atoms with van der Waals surface area (Å²) in [7, 11) is 6.02. The van der Waals surface area contributed by atoms with Crippen LogP contribution in [0.4, 0.5) is 5.69 Å². The highest BCUT2D eigenvalue weighted by atomic mass is 16.5. The fourth-order valence-electron chi connectivity index (χ4n) is 2.90. The van der Waals surface area contributed by atoms with Gasteiger partial charge in [-0.25, -0.2) is 0 Å². The summed E-state index contributed by atoms with van der Waals surface area (Å²) in [6.07, 6.45) is 0. The minimum Gasteiger partial charge on any atom is -0.493 e. The smallest absolute Gasteiger partial charge is 0.254 e. The predicted octanol–water partition coefficient (Wildman–Crippen LogP) is 3.04.